The standard InChI is InChI=1S/C16H15N5OS/c1-21(13-5-3-2-4-6-13)14(22)11-23-16-18-15(19-20-16)12-7-9-17-10-8-12/h2-10H,11H2,1H3,(H,18,19,20). The monoisotopic (exact) mass is 325 g/mol. The molecule has 6 nitrogen and oxygen atoms in total. The largest absolute Gasteiger partial charge is 0.315 e. The van der Waals surface area contributed by atoms with Gasteiger partial charge in [-0.15, -0.1) is 5.10 Å². The first-order chi connectivity index (χ1) is 11.2. The first kappa shape index (κ1) is 15.2. The van der Waals surface area contributed by atoms with Crippen LogP contribution in [0.25, 0.3) is 11.4 Å². The van der Waals surface area contributed by atoms with Gasteiger partial charge in [0.25, 0.3) is 0 Å². The van der Waals surface area contributed by atoms with Crippen LogP contribution in [0.2, 0.25) is 0 Å². The Balaban J connectivity index is 1.61. The van der Waals surface area contributed by atoms with Crippen LogP contribution in [0.4, 0.5) is 5.69 Å². The first-order valence-corrected chi connectivity index (χ1v) is 8.00. The lowest BCUT2D eigenvalue weighted by molar-refractivity contribution is -0.115. The highest BCUT2D eigenvalue weighted by atomic mass is 32.2. The molecule has 3 rings (SSSR count). The molecule has 1 N–H and O–H groups in total. The van der Waals surface area contributed by atoms with Gasteiger partial charge in [-0.1, -0.05) is 30.0 Å². The van der Waals surface area contributed by atoms with Gasteiger partial charge in [0.1, 0.15) is 0 Å². The molecule has 0 saturated carbocycles. The Morgan fingerprint density at radius 3 is 2.65 bits per heavy atom. The van der Waals surface area contributed by atoms with Crippen LogP contribution in [0.15, 0.2) is 60.0 Å². The quantitative estimate of drug-likeness (QED) is 0.730. The van der Waals surface area contributed by atoms with Crippen molar-refractivity contribution in [1.29, 1.82) is 0 Å². The molecule has 3 aromatic rings. The summed E-state index contributed by atoms with van der Waals surface area (Å²) in [5.74, 6) is 0.939. The Hall–Kier alpha value is -2.67. The molecule has 0 spiro atoms. The summed E-state index contributed by atoms with van der Waals surface area (Å²) in [6.45, 7) is 0. The van der Waals surface area contributed by atoms with E-state index in [1.165, 1.54) is 11.8 Å². The lowest BCUT2D eigenvalue weighted by Gasteiger charge is -2.16. The lowest BCUT2D eigenvalue weighted by atomic mass is 10.3. The van der Waals surface area contributed by atoms with Crippen molar-refractivity contribution in [2.24, 2.45) is 0 Å². The predicted molar refractivity (Wildman–Crippen MR) is 90.2 cm³/mol. The van der Waals surface area contributed by atoms with E-state index in [0.717, 1.165) is 11.3 Å². The molecule has 2 heterocycles. The number of aromatic amines is 1. The number of benzene rings is 1. The minimum absolute atomic E-state index is 0.00328. The minimum Gasteiger partial charge on any atom is -0.315 e. The second-order valence-corrected chi connectivity index (χ2v) is 5.72. The average Bonchev–Trinajstić information content (AvgIpc) is 3.09. The summed E-state index contributed by atoms with van der Waals surface area (Å²) in [7, 11) is 1.76. The Bertz CT molecular complexity index is 775. The van der Waals surface area contributed by atoms with Gasteiger partial charge in [-0.3, -0.25) is 14.9 Å². The van der Waals surface area contributed by atoms with Crippen LogP contribution >= 0.6 is 11.8 Å². The molecule has 0 aliphatic rings. The normalized spacial score (nSPS) is 10.5. The molecule has 0 saturated heterocycles. The van der Waals surface area contributed by atoms with Crippen molar-refractivity contribution in [2.75, 3.05) is 17.7 Å². The zero-order valence-corrected chi connectivity index (χ0v) is 13.3. The smallest absolute Gasteiger partial charge is 0.237 e. The number of carbonyl (C=O) groups excluding carboxylic acids is 1. The van der Waals surface area contributed by atoms with E-state index in [1.807, 2.05) is 42.5 Å². The number of thioether (sulfide) groups is 1. The number of hydrogen-bond acceptors (Lipinski definition) is 5. The van der Waals surface area contributed by atoms with Gasteiger partial charge >= 0.3 is 0 Å². The van der Waals surface area contributed by atoms with E-state index in [-0.39, 0.29) is 11.7 Å². The van der Waals surface area contributed by atoms with Crippen LogP contribution in [0.1, 0.15) is 0 Å². The van der Waals surface area contributed by atoms with Crippen LogP contribution < -0.4 is 4.90 Å². The van der Waals surface area contributed by atoms with Gasteiger partial charge in [0.15, 0.2) is 5.82 Å². The van der Waals surface area contributed by atoms with Crippen LogP contribution in [0.3, 0.4) is 0 Å². The average molecular weight is 325 g/mol. The van der Waals surface area contributed by atoms with Gasteiger partial charge in [-0.05, 0) is 24.3 Å². The number of anilines is 1. The Kier molecular flexibility index (Phi) is 4.68. The number of hydrogen-bond donors (Lipinski definition) is 1. The van der Waals surface area contributed by atoms with Crippen LogP contribution in [0.5, 0.6) is 0 Å². The van der Waals surface area contributed by atoms with Gasteiger partial charge in [0, 0.05) is 30.7 Å². The van der Waals surface area contributed by atoms with Gasteiger partial charge in [-0.25, -0.2) is 4.98 Å². The third-order valence-corrected chi connectivity index (χ3v) is 4.09. The van der Waals surface area contributed by atoms with Gasteiger partial charge < -0.3 is 4.90 Å². The van der Waals surface area contributed by atoms with E-state index in [0.29, 0.717) is 11.0 Å². The van der Waals surface area contributed by atoms with Crippen molar-refractivity contribution in [3.8, 4) is 11.4 Å². The zero-order valence-electron chi connectivity index (χ0n) is 12.5. The fraction of sp³-hybridized carbons (Fsp3) is 0.125. The number of carbonyl (C=O) groups is 1. The number of H-pyrrole nitrogens is 1. The van der Waals surface area contributed by atoms with Crippen molar-refractivity contribution in [1.82, 2.24) is 20.2 Å². The molecule has 0 radical (unpaired) electrons. The fourth-order valence-electron chi connectivity index (χ4n) is 1.97. The fourth-order valence-corrected chi connectivity index (χ4v) is 2.68. The summed E-state index contributed by atoms with van der Waals surface area (Å²) in [5, 5.41) is 7.55. The maximum atomic E-state index is 12.2. The maximum Gasteiger partial charge on any atom is 0.237 e. The summed E-state index contributed by atoms with van der Waals surface area (Å²) >= 11 is 1.31. The highest BCUT2D eigenvalue weighted by Crippen LogP contribution is 2.20. The molecule has 2 aromatic heterocycles. The topological polar surface area (TPSA) is 74.8 Å². The van der Waals surface area contributed by atoms with Crippen molar-refractivity contribution in [2.45, 2.75) is 5.16 Å². The Labute approximate surface area is 138 Å². The van der Waals surface area contributed by atoms with Gasteiger partial charge in [0.05, 0.1) is 5.75 Å². The third-order valence-electron chi connectivity index (χ3n) is 3.26. The summed E-state index contributed by atoms with van der Waals surface area (Å²) < 4.78 is 0. The molecule has 0 unspecified atom stereocenters. The van der Waals surface area contributed by atoms with E-state index < -0.39 is 0 Å². The third kappa shape index (κ3) is 3.75. The van der Waals surface area contributed by atoms with Crippen molar-refractivity contribution >= 4 is 23.4 Å². The highest BCUT2D eigenvalue weighted by Gasteiger charge is 2.13. The number of amides is 1. The van der Waals surface area contributed by atoms with Crippen molar-refractivity contribution in [3.63, 3.8) is 0 Å². The van der Waals surface area contributed by atoms with Gasteiger partial charge in [0.2, 0.25) is 11.1 Å². The second kappa shape index (κ2) is 7.06. The minimum atomic E-state index is -0.00328. The molecular weight excluding hydrogens is 310 g/mol. The molecule has 1 amide bonds. The summed E-state index contributed by atoms with van der Waals surface area (Å²) in [6.07, 6.45) is 3.39. The summed E-state index contributed by atoms with van der Waals surface area (Å²) in [4.78, 5) is 22.2. The maximum absolute atomic E-state index is 12.2. The summed E-state index contributed by atoms with van der Waals surface area (Å²) in [6, 6.07) is 13.2. The number of para-hydroxylation sites is 1. The predicted octanol–water partition coefficient (Wildman–Crippen LogP) is 2.62. The highest BCUT2D eigenvalue weighted by molar-refractivity contribution is 7.99. The van der Waals surface area contributed by atoms with Gasteiger partial charge in [-0.2, -0.15) is 0 Å². The van der Waals surface area contributed by atoms with Crippen LogP contribution in [-0.2, 0) is 4.79 Å². The zero-order chi connectivity index (χ0) is 16.1. The molecule has 0 bridgehead atoms. The van der Waals surface area contributed by atoms with Crippen LogP contribution in [-0.4, -0.2) is 38.9 Å². The van der Waals surface area contributed by atoms with E-state index in [4.69, 9.17) is 0 Å². The Morgan fingerprint density at radius 2 is 1.91 bits per heavy atom. The molecule has 1 aromatic carbocycles. The SMILES string of the molecule is CN(C(=O)CSc1n[nH]c(-c2ccncc2)n1)c1ccccc1. The van der Waals surface area contributed by atoms with E-state index in [9.17, 15) is 4.79 Å². The van der Waals surface area contributed by atoms with Crippen molar-refractivity contribution < 1.29 is 4.79 Å². The molecular formula is C16H15N5OS. The van der Waals surface area contributed by atoms with E-state index in [2.05, 4.69) is 20.2 Å². The molecule has 0 fully saturated rings. The molecule has 23 heavy (non-hydrogen) atoms. The number of nitrogens with zero attached hydrogens (tertiary/aromatic N) is 4. The first-order valence-electron chi connectivity index (χ1n) is 7.01. The molecule has 0 aliphatic heterocycles. The Morgan fingerprint density at radius 1 is 1.17 bits per heavy atom. The number of nitrogens with one attached hydrogen (secondary N) is 1. The number of rotatable bonds is 5. The molecule has 0 aliphatic carbocycles. The number of pyridine rings is 1. The van der Waals surface area contributed by atoms with E-state index >= 15 is 0 Å². The molecule has 0 atom stereocenters. The lowest BCUT2D eigenvalue weighted by Crippen LogP contribution is -2.27. The summed E-state index contributed by atoms with van der Waals surface area (Å²) in [5.41, 5.74) is 1.78. The molecule has 7 heteroatoms. The van der Waals surface area contributed by atoms with Crippen molar-refractivity contribution in [3.05, 3.63) is 54.9 Å². The van der Waals surface area contributed by atoms with E-state index in [1.54, 1.807) is 24.3 Å². The second-order valence-electron chi connectivity index (χ2n) is 4.78. The van der Waals surface area contributed by atoms with Crippen LogP contribution in [0, 0.1) is 0 Å². The molecule has 116 valence electrons. The number of aromatic nitrogens is 4.